The van der Waals surface area contributed by atoms with Crippen molar-refractivity contribution in [3.63, 3.8) is 0 Å². The van der Waals surface area contributed by atoms with E-state index in [2.05, 4.69) is 10.5 Å². The monoisotopic (exact) mass is 445 g/mol. The third-order valence-electron chi connectivity index (χ3n) is 4.76. The fourth-order valence-electron chi connectivity index (χ4n) is 2.56. The van der Waals surface area contributed by atoms with Crippen LogP contribution in [0.15, 0.2) is 58.5 Å². The van der Waals surface area contributed by atoms with E-state index in [0.717, 1.165) is 15.6 Å². The summed E-state index contributed by atoms with van der Waals surface area (Å²) < 4.78 is 33.7. The van der Waals surface area contributed by atoms with E-state index in [4.69, 9.17) is 4.74 Å². The summed E-state index contributed by atoms with van der Waals surface area (Å²) in [5.41, 5.74) is 4.20. The zero-order valence-electron chi connectivity index (χ0n) is 19.0. The number of carbonyl (C=O) groups excluding carboxylic acids is 1. The van der Waals surface area contributed by atoms with Crippen molar-refractivity contribution in [2.24, 2.45) is 10.5 Å². The number of hydrazone groups is 1. The minimum atomic E-state index is -4.03. The van der Waals surface area contributed by atoms with Gasteiger partial charge in [-0.3, -0.25) is 9.10 Å². The maximum Gasteiger partial charge on any atom is 0.264 e. The summed E-state index contributed by atoms with van der Waals surface area (Å²) in [6.45, 7) is 11.3. The van der Waals surface area contributed by atoms with Crippen LogP contribution in [0.2, 0.25) is 0 Å². The van der Waals surface area contributed by atoms with E-state index in [1.54, 1.807) is 36.4 Å². The SMILES string of the molecule is CCOc1ccccc1N(CC(=O)N/N=C(/C)C(C)(C)C)S(=O)(=O)c1ccc(C)cc1. The third-order valence-corrected chi connectivity index (χ3v) is 6.54. The number of sulfonamides is 1. The van der Waals surface area contributed by atoms with Crippen LogP contribution in [-0.4, -0.2) is 33.2 Å². The van der Waals surface area contributed by atoms with Crippen LogP contribution >= 0.6 is 0 Å². The molecule has 0 heterocycles. The second-order valence-electron chi connectivity index (χ2n) is 8.21. The van der Waals surface area contributed by atoms with Gasteiger partial charge in [0.15, 0.2) is 0 Å². The topological polar surface area (TPSA) is 88.1 Å². The van der Waals surface area contributed by atoms with Crippen LogP contribution in [0.1, 0.15) is 40.2 Å². The molecule has 0 fully saturated rings. The fraction of sp³-hybridized carbons (Fsp3) is 0.391. The van der Waals surface area contributed by atoms with Crippen LogP contribution in [-0.2, 0) is 14.8 Å². The lowest BCUT2D eigenvalue weighted by Crippen LogP contribution is -2.40. The summed E-state index contributed by atoms with van der Waals surface area (Å²) in [5.74, 6) is -0.173. The van der Waals surface area contributed by atoms with Gasteiger partial charge in [0.25, 0.3) is 15.9 Å². The smallest absolute Gasteiger partial charge is 0.264 e. The normalized spacial score (nSPS) is 12.4. The largest absolute Gasteiger partial charge is 0.492 e. The predicted octanol–water partition coefficient (Wildman–Crippen LogP) is 4.13. The van der Waals surface area contributed by atoms with Crippen LogP contribution in [0.4, 0.5) is 5.69 Å². The van der Waals surface area contributed by atoms with Crippen molar-refractivity contribution in [3.05, 3.63) is 54.1 Å². The summed E-state index contributed by atoms with van der Waals surface area (Å²) in [5, 5.41) is 4.13. The molecule has 31 heavy (non-hydrogen) atoms. The molecule has 0 radical (unpaired) electrons. The van der Waals surface area contributed by atoms with Crippen LogP contribution in [0.5, 0.6) is 5.75 Å². The van der Waals surface area contributed by atoms with Gasteiger partial charge >= 0.3 is 0 Å². The molecule has 0 atom stereocenters. The zero-order valence-corrected chi connectivity index (χ0v) is 19.8. The van der Waals surface area contributed by atoms with Crippen LogP contribution in [0, 0.1) is 12.3 Å². The maximum atomic E-state index is 13.5. The van der Waals surface area contributed by atoms with Gasteiger partial charge in [0, 0.05) is 11.1 Å². The van der Waals surface area contributed by atoms with Crippen molar-refractivity contribution in [2.45, 2.75) is 46.4 Å². The van der Waals surface area contributed by atoms with E-state index in [9.17, 15) is 13.2 Å². The van der Waals surface area contributed by atoms with Crippen LogP contribution in [0.25, 0.3) is 0 Å². The average Bonchev–Trinajstić information content (AvgIpc) is 2.70. The van der Waals surface area contributed by atoms with Crippen molar-refractivity contribution in [2.75, 3.05) is 17.5 Å². The number of para-hydroxylation sites is 2. The number of rotatable bonds is 8. The summed E-state index contributed by atoms with van der Waals surface area (Å²) in [4.78, 5) is 12.8. The Morgan fingerprint density at radius 3 is 2.29 bits per heavy atom. The standard InChI is InChI=1S/C23H31N3O4S/c1-7-30-21-11-9-8-10-20(21)26(16-22(27)25-24-18(3)23(4,5)6)31(28,29)19-14-12-17(2)13-15-19/h8-15H,7,16H2,1-6H3,(H,25,27)/b24-18-. The van der Waals surface area contributed by atoms with Gasteiger partial charge in [-0.2, -0.15) is 5.10 Å². The van der Waals surface area contributed by atoms with E-state index >= 15 is 0 Å². The van der Waals surface area contributed by atoms with E-state index < -0.39 is 22.5 Å². The molecule has 0 aliphatic heterocycles. The van der Waals surface area contributed by atoms with Gasteiger partial charge in [-0.1, -0.05) is 50.6 Å². The Kier molecular flexibility index (Phi) is 7.84. The first-order valence-corrected chi connectivity index (χ1v) is 11.6. The van der Waals surface area contributed by atoms with Crippen molar-refractivity contribution >= 4 is 27.3 Å². The Hall–Kier alpha value is -2.87. The van der Waals surface area contributed by atoms with Gasteiger partial charge in [0.1, 0.15) is 12.3 Å². The highest BCUT2D eigenvalue weighted by Gasteiger charge is 2.29. The molecule has 0 saturated heterocycles. The Morgan fingerprint density at radius 1 is 1.10 bits per heavy atom. The molecule has 1 N–H and O–H groups in total. The van der Waals surface area contributed by atoms with Crippen molar-refractivity contribution in [1.82, 2.24) is 5.43 Å². The van der Waals surface area contributed by atoms with Crippen molar-refractivity contribution in [1.29, 1.82) is 0 Å². The number of amides is 1. The number of ether oxygens (including phenoxy) is 1. The van der Waals surface area contributed by atoms with Gasteiger partial charge in [0.05, 0.1) is 17.2 Å². The molecule has 0 unspecified atom stereocenters. The second kappa shape index (κ2) is 9.96. The van der Waals surface area contributed by atoms with Crippen LogP contribution < -0.4 is 14.5 Å². The maximum absolute atomic E-state index is 13.5. The summed E-state index contributed by atoms with van der Waals surface area (Å²) in [7, 11) is -4.03. The molecule has 0 saturated carbocycles. The number of carbonyl (C=O) groups is 1. The molecule has 0 aromatic heterocycles. The quantitative estimate of drug-likeness (QED) is 0.489. The van der Waals surface area contributed by atoms with E-state index in [1.807, 2.05) is 41.5 Å². The van der Waals surface area contributed by atoms with Gasteiger partial charge in [-0.25, -0.2) is 13.8 Å². The molecule has 0 aliphatic carbocycles. The zero-order chi connectivity index (χ0) is 23.2. The van der Waals surface area contributed by atoms with Gasteiger partial charge in [0.2, 0.25) is 0 Å². The molecule has 2 rings (SSSR count). The second-order valence-corrected chi connectivity index (χ2v) is 10.1. The first-order valence-electron chi connectivity index (χ1n) is 10.1. The first-order chi connectivity index (χ1) is 14.5. The molecule has 0 bridgehead atoms. The Morgan fingerprint density at radius 2 is 1.71 bits per heavy atom. The molecule has 1 amide bonds. The lowest BCUT2D eigenvalue weighted by Gasteiger charge is -2.26. The predicted molar refractivity (Wildman–Crippen MR) is 124 cm³/mol. The summed E-state index contributed by atoms with van der Waals surface area (Å²) in [6, 6.07) is 13.2. The molecule has 2 aromatic carbocycles. The number of nitrogens with one attached hydrogen (secondary N) is 1. The molecule has 168 valence electrons. The minimum absolute atomic E-state index is 0.0894. The lowest BCUT2D eigenvalue weighted by atomic mass is 9.91. The van der Waals surface area contributed by atoms with E-state index in [0.29, 0.717) is 12.4 Å². The molecule has 7 nitrogen and oxygen atoms in total. The summed E-state index contributed by atoms with van der Waals surface area (Å²) >= 11 is 0. The highest BCUT2D eigenvalue weighted by Crippen LogP contribution is 2.32. The van der Waals surface area contributed by atoms with Gasteiger partial charge in [-0.15, -0.1) is 0 Å². The van der Waals surface area contributed by atoms with E-state index in [-0.39, 0.29) is 16.0 Å². The van der Waals surface area contributed by atoms with Crippen molar-refractivity contribution in [3.8, 4) is 5.75 Å². The molecular formula is C23H31N3O4S. The molecule has 8 heteroatoms. The first kappa shape index (κ1) is 24.4. The highest BCUT2D eigenvalue weighted by atomic mass is 32.2. The molecule has 0 spiro atoms. The average molecular weight is 446 g/mol. The number of benzene rings is 2. The fourth-order valence-corrected chi connectivity index (χ4v) is 3.99. The molecule has 2 aromatic rings. The number of hydrogen-bond acceptors (Lipinski definition) is 5. The Bertz CT molecular complexity index is 1040. The van der Waals surface area contributed by atoms with E-state index in [1.165, 1.54) is 12.1 Å². The van der Waals surface area contributed by atoms with Gasteiger partial charge < -0.3 is 4.74 Å². The van der Waals surface area contributed by atoms with Gasteiger partial charge in [-0.05, 0) is 45.0 Å². The number of anilines is 1. The Balaban J connectivity index is 2.46. The highest BCUT2D eigenvalue weighted by molar-refractivity contribution is 7.92. The van der Waals surface area contributed by atoms with Crippen molar-refractivity contribution < 1.29 is 17.9 Å². The molecular weight excluding hydrogens is 414 g/mol. The number of hydrogen-bond donors (Lipinski definition) is 1. The third kappa shape index (κ3) is 6.30. The molecule has 0 aliphatic rings. The minimum Gasteiger partial charge on any atom is -0.492 e. The number of aryl methyl sites for hydroxylation is 1. The van der Waals surface area contributed by atoms with Crippen LogP contribution in [0.3, 0.4) is 0 Å². The number of nitrogens with zero attached hydrogens (tertiary/aromatic N) is 2. The summed E-state index contributed by atoms with van der Waals surface area (Å²) in [6.07, 6.45) is 0. The lowest BCUT2D eigenvalue weighted by molar-refractivity contribution is -0.119. The Labute approximate surface area is 185 Å².